The lowest BCUT2D eigenvalue weighted by Gasteiger charge is -2.48. The van der Waals surface area contributed by atoms with Gasteiger partial charge in [0.1, 0.15) is 6.29 Å². The molecule has 6 atom stereocenters. The Balaban J connectivity index is 0.000000497. The molecule has 1 heteroatoms. The van der Waals surface area contributed by atoms with Crippen molar-refractivity contribution in [1.29, 1.82) is 0 Å². The third kappa shape index (κ3) is 3.79. The molecule has 0 aromatic carbocycles. The Kier molecular flexibility index (Phi) is 6.08. The molecule has 0 amide bonds. The van der Waals surface area contributed by atoms with Crippen molar-refractivity contribution in [2.45, 2.75) is 72.1 Å². The molecule has 3 aliphatic rings. The molecule has 1 nitrogen and oxygen atoms in total. The summed E-state index contributed by atoms with van der Waals surface area (Å²) in [6.07, 6.45) is 12.6. The smallest absolute Gasteiger partial charge is 0.116 e. The molecule has 0 saturated heterocycles. The first-order valence-electron chi connectivity index (χ1n) is 9.15. The van der Waals surface area contributed by atoms with Crippen LogP contribution in [0.5, 0.6) is 0 Å². The van der Waals surface area contributed by atoms with Gasteiger partial charge in [0, 0.05) is 0 Å². The lowest BCUT2D eigenvalue weighted by atomic mass is 9.57. The number of carbonyl (C=O) groups excluding carboxylic acids is 1. The highest BCUT2D eigenvalue weighted by Gasteiger charge is 2.43. The molecule has 0 aliphatic heterocycles. The zero-order valence-electron chi connectivity index (χ0n) is 14.3. The van der Waals surface area contributed by atoms with E-state index >= 15 is 0 Å². The minimum absolute atomic E-state index is 0.750. The Morgan fingerprint density at radius 1 is 0.952 bits per heavy atom. The summed E-state index contributed by atoms with van der Waals surface area (Å²) in [7, 11) is 0. The molecule has 21 heavy (non-hydrogen) atoms. The van der Waals surface area contributed by atoms with E-state index in [4.69, 9.17) is 4.79 Å². The number of hydrogen-bond acceptors (Lipinski definition) is 1. The summed E-state index contributed by atoms with van der Waals surface area (Å²) < 4.78 is 0. The largest absolute Gasteiger partial charge is 0.304 e. The third-order valence-electron chi connectivity index (χ3n) is 6.66. The Bertz CT molecular complexity index is 359. The maximum absolute atomic E-state index is 8.81. The van der Waals surface area contributed by atoms with Crippen LogP contribution in [-0.2, 0) is 4.79 Å². The lowest BCUT2D eigenvalue weighted by molar-refractivity contribution is -0.106. The van der Waals surface area contributed by atoms with Gasteiger partial charge in [0.2, 0.25) is 0 Å². The highest BCUT2D eigenvalue weighted by molar-refractivity contribution is 5.44. The van der Waals surface area contributed by atoms with Gasteiger partial charge >= 0.3 is 0 Å². The van der Waals surface area contributed by atoms with Crippen LogP contribution in [0.15, 0.2) is 12.2 Å². The van der Waals surface area contributed by atoms with Gasteiger partial charge in [0.15, 0.2) is 0 Å². The highest BCUT2D eigenvalue weighted by Crippen LogP contribution is 2.53. The lowest BCUT2D eigenvalue weighted by Crippen LogP contribution is -2.39. The van der Waals surface area contributed by atoms with Gasteiger partial charge in [-0.15, -0.1) is 0 Å². The van der Waals surface area contributed by atoms with Crippen LogP contribution in [0.3, 0.4) is 0 Å². The summed E-state index contributed by atoms with van der Waals surface area (Å²) in [5.74, 6) is 5.98. The molecule has 3 fully saturated rings. The number of fused-ring (bicyclic) bond motifs is 3. The van der Waals surface area contributed by atoms with Crippen molar-refractivity contribution < 1.29 is 4.79 Å². The van der Waals surface area contributed by atoms with Gasteiger partial charge in [-0.2, -0.15) is 0 Å². The van der Waals surface area contributed by atoms with Crippen molar-refractivity contribution in [1.82, 2.24) is 0 Å². The van der Waals surface area contributed by atoms with E-state index in [2.05, 4.69) is 20.4 Å². The number of aldehydes is 1. The monoisotopic (exact) mass is 290 g/mol. The first kappa shape index (κ1) is 16.8. The molecule has 0 radical (unpaired) electrons. The number of hydrogen-bond donors (Lipinski definition) is 0. The average molecular weight is 290 g/mol. The summed E-state index contributed by atoms with van der Waals surface area (Å²) >= 11 is 0. The molecular formula is C20H34O. The summed E-state index contributed by atoms with van der Waals surface area (Å²) in [6, 6.07) is 0. The van der Waals surface area contributed by atoms with Crippen LogP contribution < -0.4 is 0 Å². The molecule has 3 saturated carbocycles. The van der Waals surface area contributed by atoms with Gasteiger partial charge in [-0.3, -0.25) is 0 Å². The number of carbonyl (C=O) groups is 1. The predicted molar refractivity (Wildman–Crippen MR) is 90.1 cm³/mol. The fourth-order valence-electron chi connectivity index (χ4n) is 5.41. The first-order chi connectivity index (χ1) is 10.1. The van der Waals surface area contributed by atoms with Crippen molar-refractivity contribution in [2.75, 3.05) is 0 Å². The fourth-order valence-corrected chi connectivity index (χ4v) is 5.41. The molecule has 0 N–H and O–H groups in total. The number of allylic oxidation sites excluding steroid dienone is 1. The maximum atomic E-state index is 8.81. The van der Waals surface area contributed by atoms with Gasteiger partial charge in [0.05, 0.1) is 0 Å². The van der Waals surface area contributed by atoms with Crippen molar-refractivity contribution in [3.8, 4) is 0 Å². The van der Waals surface area contributed by atoms with Crippen LogP contribution in [0.2, 0.25) is 0 Å². The van der Waals surface area contributed by atoms with Gasteiger partial charge in [-0.05, 0) is 81.0 Å². The molecule has 0 aromatic heterocycles. The standard InChI is InChI=1S/C18H30.C2H4O/c1-12-7-9-17-15(11-14(12)3)8-10-16-13(2)5-4-6-18(16)17;1-2-3/h12-13,15-18H,3-11H2,1-2H3;2H,1H3/t12-,13?,15?,16?,17?,18?;/m0./s1. The van der Waals surface area contributed by atoms with E-state index in [1.807, 2.05) is 0 Å². The number of rotatable bonds is 0. The second-order valence-electron chi connectivity index (χ2n) is 7.81. The third-order valence-corrected chi connectivity index (χ3v) is 6.66. The van der Waals surface area contributed by atoms with Crippen molar-refractivity contribution in [3.63, 3.8) is 0 Å². The topological polar surface area (TPSA) is 17.1 Å². The first-order valence-corrected chi connectivity index (χ1v) is 9.15. The molecule has 5 unspecified atom stereocenters. The molecule has 0 heterocycles. The van der Waals surface area contributed by atoms with E-state index in [1.54, 1.807) is 5.57 Å². The van der Waals surface area contributed by atoms with Crippen LogP contribution in [0.1, 0.15) is 72.1 Å². The van der Waals surface area contributed by atoms with Crippen LogP contribution >= 0.6 is 0 Å². The fraction of sp³-hybridized carbons (Fsp3) is 0.850. The Morgan fingerprint density at radius 2 is 1.62 bits per heavy atom. The molecule has 3 aliphatic carbocycles. The Labute approximate surface area is 131 Å². The van der Waals surface area contributed by atoms with Crippen LogP contribution in [-0.4, -0.2) is 6.29 Å². The van der Waals surface area contributed by atoms with E-state index in [-0.39, 0.29) is 0 Å². The zero-order chi connectivity index (χ0) is 15.4. The molecule has 120 valence electrons. The summed E-state index contributed by atoms with van der Waals surface area (Å²) in [4.78, 5) is 8.81. The van der Waals surface area contributed by atoms with Gasteiger partial charge in [-0.1, -0.05) is 38.8 Å². The van der Waals surface area contributed by atoms with Gasteiger partial charge in [0.25, 0.3) is 0 Å². The van der Waals surface area contributed by atoms with Crippen LogP contribution in [0.25, 0.3) is 0 Å². The van der Waals surface area contributed by atoms with Crippen LogP contribution in [0, 0.1) is 35.5 Å². The zero-order valence-corrected chi connectivity index (χ0v) is 14.3. The second kappa shape index (κ2) is 7.61. The van der Waals surface area contributed by atoms with E-state index < -0.39 is 0 Å². The van der Waals surface area contributed by atoms with Crippen LogP contribution in [0.4, 0.5) is 0 Å². The van der Waals surface area contributed by atoms with Gasteiger partial charge < -0.3 is 4.79 Å². The Morgan fingerprint density at radius 3 is 2.33 bits per heavy atom. The molecular weight excluding hydrogens is 256 g/mol. The minimum atomic E-state index is 0.750. The molecule has 0 bridgehead atoms. The van der Waals surface area contributed by atoms with E-state index in [0.29, 0.717) is 0 Å². The quantitative estimate of drug-likeness (QED) is 0.416. The summed E-state index contributed by atoms with van der Waals surface area (Å²) in [5.41, 5.74) is 1.56. The van der Waals surface area contributed by atoms with Crippen molar-refractivity contribution in [2.24, 2.45) is 35.5 Å². The van der Waals surface area contributed by atoms with E-state index in [9.17, 15) is 0 Å². The second-order valence-corrected chi connectivity index (χ2v) is 7.81. The van der Waals surface area contributed by atoms with E-state index in [1.165, 1.54) is 58.3 Å². The highest BCUT2D eigenvalue weighted by atomic mass is 16.1. The average Bonchev–Trinajstić information content (AvgIpc) is 2.60. The molecule has 0 spiro atoms. The van der Waals surface area contributed by atoms with Gasteiger partial charge in [-0.25, -0.2) is 0 Å². The maximum Gasteiger partial charge on any atom is 0.116 e. The Hall–Kier alpha value is -0.590. The molecule has 0 aromatic rings. The summed E-state index contributed by atoms with van der Waals surface area (Å²) in [6.45, 7) is 10.7. The molecule has 3 rings (SSSR count). The normalized spacial score (nSPS) is 42.7. The van der Waals surface area contributed by atoms with E-state index in [0.717, 1.165) is 41.8 Å². The SMILES string of the molecule is C=C1CC2CCC3C(C)CCCC3C2CC[C@@H]1C.CC=O. The van der Waals surface area contributed by atoms with Crippen molar-refractivity contribution in [3.05, 3.63) is 12.2 Å². The summed E-state index contributed by atoms with van der Waals surface area (Å²) in [5, 5.41) is 0. The minimum Gasteiger partial charge on any atom is -0.304 e. The van der Waals surface area contributed by atoms with Crippen molar-refractivity contribution >= 4 is 6.29 Å². The predicted octanol–water partition coefficient (Wildman–Crippen LogP) is 5.65.